The lowest BCUT2D eigenvalue weighted by Gasteiger charge is -2.50. The number of aliphatic hydroxyl groups excluding tert-OH is 2. The molecule has 0 saturated heterocycles. The SMILES string of the molecule is CN(C)[C@@H]1C(O)=C(C(N)=O)C(=O)[C@@]2(O)C(O)=C3C(=O)c4c(O)c(NS(=O)(=O)C(C)(C)C)cc(I)c4CC3CC12. The van der Waals surface area contributed by atoms with Gasteiger partial charge in [0.05, 0.1) is 22.0 Å². The Morgan fingerprint density at radius 1 is 1.21 bits per heavy atom. The topological polar surface area (TPSA) is 208 Å². The molecule has 1 amide bonds. The van der Waals surface area contributed by atoms with E-state index >= 15 is 0 Å². The maximum atomic E-state index is 13.8. The fourth-order valence-corrected chi connectivity index (χ4v) is 7.20. The predicted molar refractivity (Wildman–Crippen MR) is 149 cm³/mol. The van der Waals surface area contributed by atoms with Gasteiger partial charge in [-0.05, 0) is 87.8 Å². The number of Topliss-reactive ketones (excluding diaryl/α,β-unsaturated/α-hetero) is 2. The van der Waals surface area contributed by atoms with E-state index in [1.807, 2.05) is 22.6 Å². The van der Waals surface area contributed by atoms with Crippen molar-refractivity contribution >= 4 is 55.8 Å². The number of fused-ring (bicyclic) bond motifs is 3. The Kier molecular flexibility index (Phi) is 6.89. The average Bonchev–Trinajstić information content (AvgIpc) is 2.78. The number of primary amides is 1. The number of benzene rings is 1. The molecule has 14 heteroatoms. The molecule has 0 bridgehead atoms. The number of halogens is 1. The third kappa shape index (κ3) is 4.14. The van der Waals surface area contributed by atoms with Crippen LogP contribution in [0.3, 0.4) is 0 Å². The van der Waals surface area contributed by atoms with Crippen molar-refractivity contribution in [2.24, 2.45) is 17.6 Å². The monoisotopic (exact) mass is 675 g/mol. The van der Waals surface area contributed by atoms with Crippen molar-refractivity contribution in [1.29, 1.82) is 0 Å². The minimum Gasteiger partial charge on any atom is -0.510 e. The van der Waals surface area contributed by atoms with E-state index in [1.54, 1.807) is 14.1 Å². The first-order valence-corrected chi connectivity index (χ1v) is 14.5. The molecule has 2 unspecified atom stereocenters. The largest absolute Gasteiger partial charge is 0.510 e. The zero-order valence-corrected chi connectivity index (χ0v) is 24.8. The van der Waals surface area contributed by atoms with Crippen LogP contribution in [0.25, 0.3) is 0 Å². The van der Waals surface area contributed by atoms with Gasteiger partial charge >= 0.3 is 0 Å². The second-order valence-electron chi connectivity index (χ2n) is 11.3. The van der Waals surface area contributed by atoms with E-state index in [0.29, 0.717) is 9.13 Å². The van der Waals surface area contributed by atoms with Gasteiger partial charge in [-0.3, -0.25) is 24.0 Å². The van der Waals surface area contributed by atoms with E-state index in [4.69, 9.17) is 5.73 Å². The number of hydrogen-bond acceptors (Lipinski definition) is 10. The fourth-order valence-electron chi connectivity index (χ4n) is 5.65. The summed E-state index contributed by atoms with van der Waals surface area (Å²) in [5.74, 6) is -7.68. The van der Waals surface area contributed by atoms with Crippen LogP contribution in [0.1, 0.15) is 43.1 Å². The molecule has 7 N–H and O–H groups in total. The number of carbonyl (C=O) groups is 3. The molecule has 0 saturated carbocycles. The van der Waals surface area contributed by atoms with Gasteiger partial charge in [-0.25, -0.2) is 8.42 Å². The molecular formula is C25H30IN3O9S. The Hall–Kier alpha value is -2.69. The van der Waals surface area contributed by atoms with Crippen LogP contribution in [0, 0.1) is 15.4 Å². The van der Waals surface area contributed by atoms with E-state index in [-0.39, 0.29) is 29.7 Å². The highest BCUT2D eigenvalue weighted by Crippen LogP contribution is 2.53. The number of nitrogens with two attached hydrogens (primary N) is 1. The number of phenols is 1. The highest BCUT2D eigenvalue weighted by molar-refractivity contribution is 14.1. The van der Waals surface area contributed by atoms with Gasteiger partial charge in [-0.1, -0.05) is 0 Å². The van der Waals surface area contributed by atoms with Gasteiger partial charge in [0.2, 0.25) is 15.8 Å². The number of ketones is 2. The number of hydrogen-bond donors (Lipinski definition) is 6. The standard InChI is InChI=1S/C25H30IN3O9S/c1-24(2,3)39(37,38)28-13-8-12(26)10-6-9-7-11-17(29(4)5)20(32)16(23(27)35)22(34)25(11,36)21(33)14(9)19(31)15(10)18(13)30/h8-9,11,17,28,30,32-33,36H,6-7H2,1-5H3,(H2,27,35)/t9?,11?,17-,25-/m0/s1. The summed E-state index contributed by atoms with van der Waals surface area (Å²) in [4.78, 5) is 40.7. The van der Waals surface area contributed by atoms with Crippen LogP contribution >= 0.6 is 22.6 Å². The third-order valence-corrected chi connectivity index (χ3v) is 10.8. The molecule has 0 aliphatic heterocycles. The van der Waals surface area contributed by atoms with Gasteiger partial charge in [0.1, 0.15) is 17.1 Å². The number of phenolic OH excluding ortho intramolecular Hbond substituents is 1. The normalized spacial score (nSPS) is 27.3. The Morgan fingerprint density at radius 2 is 1.79 bits per heavy atom. The van der Waals surface area contributed by atoms with E-state index in [1.165, 1.54) is 31.7 Å². The second-order valence-corrected chi connectivity index (χ2v) is 14.9. The van der Waals surface area contributed by atoms with Gasteiger partial charge in [-0.15, -0.1) is 0 Å². The lowest BCUT2D eigenvalue weighted by atomic mass is 9.58. The summed E-state index contributed by atoms with van der Waals surface area (Å²) in [5, 5.41) is 44.9. The van der Waals surface area contributed by atoms with Crippen LogP contribution in [0.5, 0.6) is 5.75 Å². The molecule has 4 rings (SSSR count). The van der Waals surface area contributed by atoms with E-state index in [0.717, 1.165) is 0 Å². The van der Waals surface area contributed by atoms with Crippen LogP contribution in [0.15, 0.2) is 28.7 Å². The van der Waals surface area contributed by atoms with Crippen molar-refractivity contribution in [3.05, 3.63) is 43.4 Å². The van der Waals surface area contributed by atoms with Crippen molar-refractivity contribution < 1.29 is 43.2 Å². The molecule has 0 spiro atoms. The number of aromatic hydroxyl groups is 1. The van der Waals surface area contributed by atoms with Crippen LogP contribution in [-0.2, 0) is 26.0 Å². The van der Waals surface area contributed by atoms with Crippen molar-refractivity contribution in [1.82, 2.24) is 4.90 Å². The number of nitrogens with one attached hydrogen (secondary N) is 1. The van der Waals surface area contributed by atoms with Crippen molar-refractivity contribution in [3.8, 4) is 5.75 Å². The summed E-state index contributed by atoms with van der Waals surface area (Å²) in [6.07, 6.45) is 0.0632. The first-order valence-electron chi connectivity index (χ1n) is 12.0. The molecule has 3 aliphatic carbocycles. The van der Waals surface area contributed by atoms with Crippen LogP contribution in [-0.4, -0.2) is 81.7 Å². The number of rotatable bonds is 4. The molecule has 0 fully saturated rings. The third-order valence-electron chi connectivity index (χ3n) is 7.72. The summed E-state index contributed by atoms with van der Waals surface area (Å²) in [7, 11) is -0.883. The first-order chi connectivity index (χ1) is 17.8. The molecule has 0 radical (unpaired) electrons. The van der Waals surface area contributed by atoms with E-state index in [9.17, 15) is 43.2 Å². The molecule has 0 aromatic heterocycles. The van der Waals surface area contributed by atoms with Crippen molar-refractivity contribution in [3.63, 3.8) is 0 Å². The summed E-state index contributed by atoms with van der Waals surface area (Å²) >= 11 is 1.92. The molecule has 212 valence electrons. The van der Waals surface area contributed by atoms with Gasteiger partial charge < -0.3 is 26.2 Å². The maximum absolute atomic E-state index is 13.8. The number of likely N-dealkylation sites (N-methyl/N-ethyl adjacent to an activating group) is 1. The predicted octanol–water partition coefficient (Wildman–Crippen LogP) is 1.27. The van der Waals surface area contributed by atoms with Crippen LogP contribution in [0.2, 0.25) is 0 Å². The number of aliphatic hydroxyl groups is 3. The zero-order valence-electron chi connectivity index (χ0n) is 21.9. The highest BCUT2D eigenvalue weighted by Gasteiger charge is 2.63. The lowest BCUT2D eigenvalue weighted by molar-refractivity contribution is -0.148. The molecule has 39 heavy (non-hydrogen) atoms. The summed E-state index contributed by atoms with van der Waals surface area (Å²) in [6.45, 7) is 4.38. The number of anilines is 1. The Labute approximate surface area is 238 Å². The first kappa shape index (κ1) is 29.3. The van der Waals surface area contributed by atoms with Crippen LogP contribution < -0.4 is 10.5 Å². The molecular weight excluding hydrogens is 645 g/mol. The van der Waals surface area contributed by atoms with Crippen molar-refractivity contribution in [2.75, 3.05) is 18.8 Å². The van der Waals surface area contributed by atoms with Gasteiger partial charge in [0, 0.05) is 15.1 Å². The molecule has 4 atom stereocenters. The maximum Gasteiger partial charge on any atom is 0.255 e. The number of carbonyl (C=O) groups excluding carboxylic acids is 3. The fraction of sp³-hybridized carbons (Fsp3) is 0.480. The summed E-state index contributed by atoms with van der Waals surface area (Å²) in [5.41, 5.74) is 1.27. The molecule has 1 aromatic carbocycles. The molecule has 3 aliphatic rings. The second kappa shape index (κ2) is 9.17. The zero-order chi connectivity index (χ0) is 29.6. The quantitative estimate of drug-likeness (QED) is 0.153. The van der Waals surface area contributed by atoms with Gasteiger partial charge in [0.15, 0.2) is 17.1 Å². The summed E-state index contributed by atoms with van der Waals surface area (Å²) in [6, 6.07) is 0.316. The summed E-state index contributed by atoms with van der Waals surface area (Å²) < 4.78 is 27.1. The number of sulfonamides is 1. The smallest absolute Gasteiger partial charge is 0.255 e. The Morgan fingerprint density at radius 3 is 2.31 bits per heavy atom. The van der Waals surface area contributed by atoms with Crippen molar-refractivity contribution in [2.45, 2.75) is 50.0 Å². The lowest BCUT2D eigenvalue weighted by Crippen LogP contribution is -2.63. The highest BCUT2D eigenvalue weighted by atomic mass is 127. The van der Waals surface area contributed by atoms with Gasteiger partial charge in [-0.2, -0.15) is 0 Å². The molecule has 0 heterocycles. The Bertz CT molecular complexity index is 1510. The van der Waals surface area contributed by atoms with E-state index in [2.05, 4.69) is 4.72 Å². The number of amides is 1. The molecule has 1 aromatic rings. The average molecular weight is 675 g/mol. The Balaban J connectivity index is 1.93. The van der Waals surface area contributed by atoms with Crippen LogP contribution in [0.4, 0.5) is 5.69 Å². The molecule has 12 nitrogen and oxygen atoms in total. The van der Waals surface area contributed by atoms with E-state index < -0.39 is 78.6 Å². The number of allylic oxidation sites excluding steroid dienone is 1. The minimum absolute atomic E-state index is 0.0407. The minimum atomic E-state index is -3.98. The van der Waals surface area contributed by atoms with Gasteiger partial charge in [0.25, 0.3) is 5.91 Å². The number of nitrogens with zero attached hydrogens (tertiary/aromatic N) is 1.